The molecule has 2 amide bonds. The number of carbonyl (C=O) groups excluding carboxylic acids is 1. The van der Waals surface area contributed by atoms with Crippen LogP contribution in [-0.4, -0.2) is 13.1 Å². The number of para-hydroxylation sites is 1. The maximum absolute atomic E-state index is 10.8. The Balaban J connectivity index is 3.02. The van der Waals surface area contributed by atoms with Crippen LogP contribution < -0.4 is 10.6 Å². The van der Waals surface area contributed by atoms with Crippen molar-refractivity contribution in [2.24, 2.45) is 5.73 Å². The zero-order chi connectivity index (χ0) is 9.14. The van der Waals surface area contributed by atoms with Gasteiger partial charge in [-0.05, 0) is 34.7 Å². The van der Waals surface area contributed by atoms with Crippen LogP contribution in [0.4, 0.5) is 10.5 Å². The predicted molar refractivity (Wildman–Crippen MR) is 57.1 cm³/mol. The molecule has 0 heterocycles. The lowest BCUT2D eigenvalue weighted by atomic mass is 10.3. The Morgan fingerprint density at radius 1 is 1.50 bits per heavy atom. The molecule has 3 nitrogen and oxygen atoms in total. The number of rotatable bonds is 1. The van der Waals surface area contributed by atoms with Crippen LogP contribution in [0.25, 0.3) is 0 Å². The summed E-state index contributed by atoms with van der Waals surface area (Å²) in [6.45, 7) is 0. The van der Waals surface area contributed by atoms with Crippen LogP contribution in [0.1, 0.15) is 0 Å². The highest BCUT2D eigenvalue weighted by atomic mass is 127. The minimum atomic E-state index is -0.445. The Labute approximate surface area is 84.7 Å². The summed E-state index contributed by atoms with van der Waals surface area (Å²) in [5.74, 6) is 0. The normalized spacial score (nSPS) is 9.50. The Morgan fingerprint density at radius 3 is 2.58 bits per heavy atom. The predicted octanol–water partition coefficient (Wildman–Crippen LogP) is 1.81. The summed E-state index contributed by atoms with van der Waals surface area (Å²) >= 11 is 2.16. The molecule has 0 saturated carbocycles. The molecule has 4 heteroatoms. The molecule has 12 heavy (non-hydrogen) atoms. The molecule has 2 N–H and O–H groups in total. The van der Waals surface area contributed by atoms with Gasteiger partial charge in [-0.15, -0.1) is 0 Å². The highest BCUT2D eigenvalue weighted by molar-refractivity contribution is 14.1. The van der Waals surface area contributed by atoms with Crippen molar-refractivity contribution in [2.75, 3.05) is 11.9 Å². The van der Waals surface area contributed by atoms with Gasteiger partial charge in [0.05, 0.1) is 5.69 Å². The van der Waals surface area contributed by atoms with Crippen LogP contribution in [-0.2, 0) is 0 Å². The summed E-state index contributed by atoms with van der Waals surface area (Å²) in [5.41, 5.74) is 5.96. The second-order valence-electron chi connectivity index (χ2n) is 2.35. The van der Waals surface area contributed by atoms with Gasteiger partial charge in [-0.3, -0.25) is 4.90 Å². The van der Waals surface area contributed by atoms with Crippen LogP contribution in [0.15, 0.2) is 24.3 Å². The smallest absolute Gasteiger partial charge is 0.319 e. The molecule has 0 spiro atoms. The van der Waals surface area contributed by atoms with E-state index in [2.05, 4.69) is 22.6 Å². The molecule has 0 unspecified atom stereocenters. The molecule has 64 valence electrons. The fourth-order valence-corrected chi connectivity index (χ4v) is 1.59. The first kappa shape index (κ1) is 9.31. The largest absolute Gasteiger partial charge is 0.351 e. The number of amides is 2. The van der Waals surface area contributed by atoms with Crippen molar-refractivity contribution in [3.8, 4) is 0 Å². The van der Waals surface area contributed by atoms with E-state index in [1.54, 1.807) is 7.05 Å². The van der Waals surface area contributed by atoms with Gasteiger partial charge in [0.1, 0.15) is 0 Å². The van der Waals surface area contributed by atoms with Crippen molar-refractivity contribution >= 4 is 34.3 Å². The lowest BCUT2D eigenvalue weighted by Crippen LogP contribution is -2.32. The van der Waals surface area contributed by atoms with E-state index in [0.717, 1.165) is 9.26 Å². The number of hydrogen-bond acceptors (Lipinski definition) is 1. The van der Waals surface area contributed by atoms with E-state index in [9.17, 15) is 4.79 Å². The molecule has 0 radical (unpaired) electrons. The molecule has 0 atom stereocenters. The lowest BCUT2D eigenvalue weighted by molar-refractivity contribution is 0.255. The first-order valence-corrected chi connectivity index (χ1v) is 4.48. The standard InChI is InChI=1S/C8H9IN2O/c1-11(8(10)12)7-5-3-2-4-6(7)9/h2-5H,1H3,(H2,10,12). The fourth-order valence-electron chi connectivity index (χ4n) is 0.842. The van der Waals surface area contributed by atoms with E-state index in [1.807, 2.05) is 24.3 Å². The van der Waals surface area contributed by atoms with E-state index < -0.39 is 6.03 Å². The summed E-state index contributed by atoms with van der Waals surface area (Å²) < 4.78 is 1.01. The van der Waals surface area contributed by atoms with Crippen LogP contribution in [0, 0.1) is 3.57 Å². The van der Waals surface area contributed by atoms with E-state index in [-0.39, 0.29) is 0 Å². The molecule has 1 aromatic rings. The number of nitrogens with zero attached hydrogens (tertiary/aromatic N) is 1. The minimum absolute atomic E-state index is 0.445. The summed E-state index contributed by atoms with van der Waals surface area (Å²) in [5, 5.41) is 0. The van der Waals surface area contributed by atoms with Gasteiger partial charge in [-0.1, -0.05) is 12.1 Å². The second-order valence-corrected chi connectivity index (χ2v) is 3.51. The number of anilines is 1. The van der Waals surface area contributed by atoms with E-state index in [4.69, 9.17) is 5.73 Å². The lowest BCUT2D eigenvalue weighted by Gasteiger charge is -2.15. The first-order chi connectivity index (χ1) is 5.63. The fraction of sp³-hybridized carbons (Fsp3) is 0.125. The number of benzene rings is 1. The van der Waals surface area contributed by atoms with Crippen molar-refractivity contribution in [1.82, 2.24) is 0 Å². The average Bonchev–Trinajstić information content (AvgIpc) is 2.04. The molecule has 0 aliphatic heterocycles. The number of urea groups is 1. The molecule has 0 aliphatic carbocycles. The third kappa shape index (κ3) is 1.88. The van der Waals surface area contributed by atoms with Crippen molar-refractivity contribution in [3.63, 3.8) is 0 Å². The average molecular weight is 276 g/mol. The van der Waals surface area contributed by atoms with Gasteiger partial charge < -0.3 is 5.73 Å². The van der Waals surface area contributed by atoms with Gasteiger partial charge in [-0.25, -0.2) is 4.79 Å². The molecular formula is C8H9IN2O. The van der Waals surface area contributed by atoms with Gasteiger partial charge in [0, 0.05) is 10.6 Å². The van der Waals surface area contributed by atoms with Crippen molar-refractivity contribution in [3.05, 3.63) is 27.8 Å². The maximum Gasteiger partial charge on any atom is 0.319 e. The van der Waals surface area contributed by atoms with Gasteiger partial charge >= 0.3 is 6.03 Å². The topological polar surface area (TPSA) is 46.3 Å². The van der Waals surface area contributed by atoms with E-state index in [1.165, 1.54) is 4.90 Å². The molecule has 1 rings (SSSR count). The third-order valence-electron chi connectivity index (χ3n) is 1.54. The van der Waals surface area contributed by atoms with Crippen LogP contribution >= 0.6 is 22.6 Å². The Kier molecular flexibility index (Phi) is 2.91. The van der Waals surface area contributed by atoms with Gasteiger partial charge in [0.15, 0.2) is 0 Å². The number of primary amides is 1. The van der Waals surface area contributed by atoms with Crippen LogP contribution in [0.5, 0.6) is 0 Å². The number of nitrogens with two attached hydrogens (primary N) is 1. The highest BCUT2D eigenvalue weighted by Crippen LogP contribution is 2.20. The molecule has 0 aromatic heterocycles. The molecule has 1 aromatic carbocycles. The molecular weight excluding hydrogens is 267 g/mol. The SMILES string of the molecule is CN(C(N)=O)c1ccccc1I. The van der Waals surface area contributed by atoms with Crippen molar-refractivity contribution in [2.45, 2.75) is 0 Å². The number of carbonyl (C=O) groups is 1. The van der Waals surface area contributed by atoms with Crippen LogP contribution in [0.2, 0.25) is 0 Å². The van der Waals surface area contributed by atoms with Gasteiger partial charge in [0.2, 0.25) is 0 Å². The van der Waals surface area contributed by atoms with Gasteiger partial charge in [0.25, 0.3) is 0 Å². The molecule has 0 aliphatic rings. The highest BCUT2D eigenvalue weighted by Gasteiger charge is 2.08. The molecule has 0 fully saturated rings. The van der Waals surface area contributed by atoms with Crippen molar-refractivity contribution in [1.29, 1.82) is 0 Å². The van der Waals surface area contributed by atoms with E-state index in [0.29, 0.717) is 0 Å². The zero-order valence-corrected chi connectivity index (χ0v) is 8.78. The first-order valence-electron chi connectivity index (χ1n) is 3.40. The second kappa shape index (κ2) is 3.75. The Hall–Kier alpha value is -0.780. The molecule has 0 bridgehead atoms. The summed E-state index contributed by atoms with van der Waals surface area (Å²) in [6.07, 6.45) is 0. The number of halogens is 1. The quantitative estimate of drug-likeness (QED) is 0.781. The van der Waals surface area contributed by atoms with Crippen molar-refractivity contribution < 1.29 is 4.79 Å². The Morgan fingerprint density at radius 2 is 2.08 bits per heavy atom. The molecule has 0 saturated heterocycles. The van der Waals surface area contributed by atoms with E-state index >= 15 is 0 Å². The van der Waals surface area contributed by atoms with Crippen LogP contribution in [0.3, 0.4) is 0 Å². The summed E-state index contributed by atoms with van der Waals surface area (Å²) in [6, 6.07) is 7.12. The summed E-state index contributed by atoms with van der Waals surface area (Å²) in [4.78, 5) is 12.2. The zero-order valence-electron chi connectivity index (χ0n) is 6.62. The third-order valence-corrected chi connectivity index (χ3v) is 2.46. The monoisotopic (exact) mass is 276 g/mol. The maximum atomic E-state index is 10.8. The Bertz CT molecular complexity index is 301. The number of hydrogen-bond donors (Lipinski definition) is 1. The summed E-state index contributed by atoms with van der Waals surface area (Å²) in [7, 11) is 1.65. The minimum Gasteiger partial charge on any atom is -0.351 e. The van der Waals surface area contributed by atoms with Gasteiger partial charge in [-0.2, -0.15) is 0 Å².